The molecule has 1 saturated heterocycles. The first kappa shape index (κ1) is 23.3. The van der Waals surface area contributed by atoms with Crippen molar-refractivity contribution < 1.29 is 18.7 Å². The van der Waals surface area contributed by atoms with Crippen LogP contribution in [0.25, 0.3) is 0 Å². The van der Waals surface area contributed by atoms with Crippen molar-refractivity contribution in [2.45, 2.75) is 89.6 Å². The number of hydrogen-bond donors (Lipinski definition) is 1. The van der Waals surface area contributed by atoms with Crippen LogP contribution >= 0.6 is 0 Å². The van der Waals surface area contributed by atoms with Gasteiger partial charge in [-0.3, -0.25) is 4.79 Å². The van der Waals surface area contributed by atoms with Gasteiger partial charge in [0.15, 0.2) is 5.78 Å². The molecule has 0 amide bonds. The Kier molecular flexibility index (Phi) is 6.15. The van der Waals surface area contributed by atoms with Crippen molar-refractivity contribution in [2.24, 2.45) is 17.3 Å². The minimum atomic E-state index is -1.28. The Morgan fingerprint density at radius 3 is 2.55 bits per heavy atom. The van der Waals surface area contributed by atoms with E-state index in [1.807, 2.05) is 51.1 Å². The predicted molar refractivity (Wildman–Crippen MR) is 125 cm³/mol. The number of ketones is 1. The second kappa shape index (κ2) is 8.17. The third-order valence-corrected chi connectivity index (χ3v) is 9.52. The van der Waals surface area contributed by atoms with Crippen molar-refractivity contribution in [1.29, 1.82) is 0 Å². The molecule has 4 aliphatic rings. The third kappa shape index (κ3) is 4.24. The van der Waals surface area contributed by atoms with E-state index in [-0.39, 0.29) is 28.8 Å². The molecule has 6 atom stereocenters. The highest BCUT2D eigenvalue weighted by molar-refractivity contribution is 7.90. The van der Waals surface area contributed by atoms with E-state index in [1.54, 1.807) is 0 Å². The van der Waals surface area contributed by atoms with Crippen LogP contribution in [0.1, 0.15) is 77.6 Å². The second-order valence-corrected chi connectivity index (χ2v) is 13.3. The summed E-state index contributed by atoms with van der Waals surface area (Å²) in [7, 11) is -0.500. The van der Waals surface area contributed by atoms with Gasteiger partial charge in [0.25, 0.3) is 0 Å². The molecular formula is C24H36BNO4S. The highest BCUT2D eigenvalue weighted by atomic mass is 32.2. The molecule has 3 saturated carbocycles. The number of carbonyl (C=O) groups excluding carboxylic acids is 1. The van der Waals surface area contributed by atoms with Gasteiger partial charge in [0.05, 0.1) is 17.6 Å². The minimum Gasteiger partial charge on any atom is -0.598 e. The Labute approximate surface area is 190 Å². The fourth-order valence-corrected chi connectivity index (χ4v) is 6.55. The van der Waals surface area contributed by atoms with Gasteiger partial charge in [-0.2, -0.15) is 0 Å². The third-order valence-electron chi connectivity index (χ3n) is 7.89. The Morgan fingerprint density at radius 2 is 1.94 bits per heavy atom. The summed E-state index contributed by atoms with van der Waals surface area (Å²) in [5, 5.41) is 0. The fraction of sp³-hybridized carbons (Fsp3) is 0.708. The number of hydrogen-bond acceptors (Lipinski definition) is 5. The van der Waals surface area contributed by atoms with Gasteiger partial charge in [-0.1, -0.05) is 44.2 Å². The van der Waals surface area contributed by atoms with Crippen molar-refractivity contribution in [2.75, 3.05) is 0 Å². The molecule has 1 aliphatic heterocycles. The molecule has 5 nitrogen and oxygen atoms in total. The topological polar surface area (TPSA) is 70.6 Å². The number of Topliss-reactive ketones (excluding diaryl/α,β-unsaturated/α-hetero) is 1. The number of carbonyl (C=O) groups is 1. The summed E-state index contributed by atoms with van der Waals surface area (Å²) in [6.07, 6.45) is 3.13. The van der Waals surface area contributed by atoms with Crippen molar-refractivity contribution in [1.82, 2.24) is 4.72 Å². The molecule has 0 radical (unpaired) electrons. The predicted octanol–water partition coefficient (Wildman–Crippen LogP) is 4.34. The van der Waals surface area contributed by atoms with E-state index in [0.29, 0.717) is 30.2 Å². The van der Waals surface area contributed by atoms with Gasteiger partial charge in [-0.15, -0.1) is 4.72 Å². The molecule has 0 aromatic heterocycles. The molecule has 2 bridgehead atoms. The lowest BCUT2D eigenvalue weighted by Crippen LogP contribution is -2.65. The van der Waals surface area contributed by atoms with E-state index in [0.717, 1.165) is 6.42 Å². The van der Waals surface area contributed by atoms with Crippen LogP contribution in [0.4, 0.5) is 0 Å². The van der Waals surface area contributed by atoms with Gasteiger partial charge in [0, 0.05) is 23.3 Å². The molecule has 1 aromatic rings. The van der Waals surface area contributed by atoms with E-state index in [2.05, 4.69) is 25.5 Å². The summed E-state index contributed by atoms with van der Waals surface area (Å²) in [5.41, 5.74) is 0.647. The van der Waals surface area contributed by atoms with Crippen LogP contribution in [-0.4, -0.2) is 39.8 Å². The highest BCUT2D eigenvalue weighted by Gasteiger charge is 2.68. The summed E-state index contributed by atoms with van der Waals surface area (Å²) in [4.78, 5) is 12.7. The second-order valence-electron chi connectivity index (χ2n) is 11.3. The van der Waals surface area contributed by atoms with Gasteiger partial charge in [0.1, 0.15) is 4.75 Å². The lowest BCUT2D eigenvalue weighted by Gasteiger charge is -2.64. The number of benzene rings is 1. The van der Waals surface area contributed by atoms with E-state index >= 15 is 0 Å². The SMILES string of the molecule is CC1(C)[C@@H]2C[C@H]3OB([C@H](CCC(=O)c4ccccc4)N[S+]([O-])C(C)(C)C)O[C@@]3(C)[C@H]1C2. The maximum Gasteiger partial charge on any atom is 0.480 e. The summed E-state index contributed by atoms with van der Waals surface area (Å²) in [6, 6.07) is 9.33. The zero-order chi connectivity index (χ0) is 22.6. The molecule has 1 unspecified atom stereocenters. The highest BCUT2D eigenvalue weighted by Crippen LogP contribution is 2.65. The maximum absolute atomic E-state index is 12.9. The number of nitrogens with one attached hydrogen (secondary N) is 1. The molecule has 1 heterocycles. The van der Waals surface area contributed by atoms with Crippen LogP contribution < -0.4 is 4.72 Å². The van der Waals surface area contributed by atoms with Crippen molar-refractivity contribution in [3.05, 3.63) is 35.9 Å². The fourth-order valence-electron chi connectivity index (χ4n) is 5.69. The molecule has 170 valence electrons. The van der Waals surface area contributed by atoms with E-state index in [4.69, 9.17) is 9.31 Å². The largest absolute Gasteiger partial charge is 0.598 e. The van der Waals surface area contributed by atoms with Crippen molar-refractivity contribution >= 4 is 24.3 Å². The zero-order valence-electron chi connectivity index (χ0n) is 19.6. The van der Waals surface area contributed by atoms with E-state index in [9.17, 15) is 9.35 Å². The minimum absolute atomic E-state index is 0.0615. The zero-order valence-corrected chi connectivity index (χ0v) is 20.5. The van der Waals surface area contributed by atoms with Crippen molar-refractivity contribution in [3.63, 3.8) is 0 Å². The molecule has 1 aromatic carbocycles. The van der Waals surface area contributed by atoms with Gasteiger partial charge in [-0.25, -0.2) is 0 Å². The normalized spacial score (nSPS) is 33.4. The monoisotopic (exact) mass is 445 g/mol. The van der Waals surface area contributed by atoms with Crippen LogP contribution in [0.2, 0.25) is 0 Å². The summed E-state index contributed by atoms with van der Waals surface area (Å²) in [5.74, 6) is 0.913. The summed E-state index contributed by atoms with van der Waals surface area (Å²) >= 11 is -1.28. The van der Waals surface area contributed by atoms with Gasteiger partial charge >= 0.3 is 7.12 Å². The van der Waals surface area contributed by atoms with Crippen LogP contribution in [0.3, 0.4) is 0 Å². The van der Waals surface area contributed by atoms with E-state index < -0.39 is 23.2 Å². The Bertz CT molecular complexity index is 814. The Hall–Kier alpha value is -0.855. The van der Waals surface area contributed by atoms with Gasteiger partial charge in [-0.05, 0) is 64.2 Å². The maximum atomic E-state index is 12.9. The first-order chi connectivity index (χ1) is 14.4. The van der Waals surface area contributed by atoms with Crippen LogP contribution in [-0.2, 0) is 20.7 Å². The van der Waals surface area contributed by atoms with Crippen LogP contribution in [0.15, 0.2) is 30.3 Å². The summed E-state index contributed by atoms with van der Waals surface area (Å²) in [6.45, 7) is 12.7. The standard InChI is InChI=1S/C24H36BNO4S/c1-22(2,3)31(28)26-21(13-12-18(27)16-10-8-7-9-11-16)25-29-20-15-17-14-19(23(17,4)5)24(20,6)30-25/h7-11,17,19-21,26H,12-15H2,1-6H3/t17-,19-,20+,21-,24-,31?/m0/s1. The average molecular weight is 445 g/mol. The first-order valence-corrected chi connectivity index (χ1v) is 12.7. The van der Waals surface area contributed by atoms with Crippen molar-refractivity contribution in [3.8, 4) is 0 Å². The molecule has 1 N–H and O–H groups in total. The molecule has 31 heavy (non-hydrogen) atoms. The molecule has 7 heteroatoms. The van der Waals surface area contributed by atoms with Crippen LogP contribution in [0, 0.1) is 17.3 Å². The van der Waals surface area contributed by atoms with Crippen LogP contribution in [0.5, 0.6) is 0 Å². The smallest absolute Gasteiger partial charge is 0.480 e. The molecule has 0 spiro atoms. The quantitative estimate of drug-likeness (QED) is 0.384. The molecular weight excluding hydrogens is 409 g/mol. The number of rotatable bonds is 7. The average Bonchev–Trinajstić information content (AvgIpc) is 3.07. The van der Waals surface area contributed by atoms with E-state index in [1.165, 1.54) is 6.42 Å². The Morgan fingerprint density at radius 1 is 1.26 bits per heavy atom. The first-order valence-electron chi connectivity index (χ1n) is 11.5. The Balaban J connectivity index is 1.49. The molecule has 3 aliphatic carbocycles. The molecule has 4 fully saturated rings. The lowest BCUT2D eigenvalue weighted by molar-refractivity contribution is -0.199. The van der Waals surface area contributed by atoms with Gasteiger partial charge < -0.3 is 13.9 Å². The summed E-state index contributed by atoms with van der Waals surface area (Å²) < 4.78 is 28.8. The lowest BCUT2D eigenvalue weighted by atomic mass is 9.43. The van der Waals surface area contributed by atoms with Gasteiger partial charge in [0.2, 0.25) is 0 Å². The molecule has 5 rings (SSSR count).